The van der Waals surface area contributed by atoms with E-state index in [0.29, 0.717) is 4.90 Å². The van der Waals surface area contributed by atoms with Crippen LogP contribution in [0.25, 0.3) is 10.8 Å². The van der Waals surface area contributed by atoms with Crippen LogP contribution in [0.15, 0.2) is 77.7 Å². The number of rotatable bonds is 6. The third-order valence-corrected chi connectivity index (χ3v) is 5.80. The van der Waals surface area contributed by atoms with Gasteiger partial charge in [-0.15, -0.1) is 0 Å². The van der Waals surface area contributed by atoms with Crippen molar-refractivity contribution in [2.24, 2.45) is 0 Å². The second kappa shape index (κ2) is 7.49. The van der Waals surface area contributed by atoms with Crippen LogP contribution in [0, 0.1) is 0 Å². The van der Waals surface area contributed by atoms with Gasteiger partial charge in [0.05, 0.1) is 10.6 Å². The summed E-state index contributed by atoms with van der Waals surface area (Å²) in [5, 5.41) is 4.89. The van der Waals surface area contributed by atoms with Gasteiger partial charge >= 0.3 is 0 Å². The Morgan fingerprint density at radius 2 is 1.52 bits per heavy atom. The molecular formula is C20H19NO3S. The maximum atomic E-state index is 12.2. The lowest BCUT2D eigenvalue weighted by Crippen LogP contribution is -2.14. The van der Waals surface area contributed by atoms with Crippen LogP contribution in [0.2, 0.25) is 0 Å². The summed E-state index contributed by atoms with van der Waals surface area (Å²) in [4.78, 5) is 12.5. The van der Waals surface area contributed by atoms with Gasteiger partial charge in [-0.25, -0.2) is 8.42 Å². The molecule has 25 heavy (non-hydrogen) atoms. The highest BCUT2D eigenvalue weighted by Gasteiger charge is 2.14. The van der Waals surface area contributed by atoms with E-state index in [2.05, 4.69) is 5.32 Å². The highest BCUT2D eigenvalue weighted by molar-refractivity contribution is 7.91. The van der Waals surface area contributed by atoms with Crippen LogP contribution in [0.4, 0.5) is 5.69 Å². The van der Waals surface area contributed by atoms with Crippen molar-refractivity contribution in [3.63, 3.8) is 0 Å². The molecule has 0 fully saturated rings. The van der Waals surface area contributed by atoms with Gasteiger partial charge < -0.3 is 5.32 Å². The molecule has 3 aromatic carbocycles. The first-order chi connectivity index (χ1) is 12.1. The molecule has 0 aromatic heterocycles. The molecule has 3 aromatic rings. The zero-order valence-corrected chi connectivity index (χ0v) is 14.5. The summed E-state index contributed by atoms with van der Waals surface area (Å²) in [7, 11) is -3.34. The smallest absolute Gasteiger partial charge is 0.224 e. The van der Waals surface area contributed by atoms with Gasteiger partial charge in [0.25, 0.3) is 0 Å². The average molecular weight is 353 g/mol. The summed E-state index contributed by atoms with van der Waals surface area (Å²) in [5.74, 6) is -0.223. The van der Waals surface area contributed by atoms with Crippen molar-refractivity contribution in [2.45, 2.75) is 17.7 Å². The Hall–Kier alpha value is -2.66. The van der Waals surface area contributed by atoms with E-state index in [4.69, 9.17) is 0 Å². The number of anilines is 1. The van der Waals surface area contributed by atoms with E-state index in [9.17, 15) is 13.2 Å². The molecule has 0 bridgehead atoms. The van der Waals surface area contributed by atoms with E-state index in [-0.39, 0.29) is 24.5 Å². The number of nitrogens with one attached hydrogen (secondary N) is 1. The Balaban J connectivity index is 1.60. The normalized spacial score (nSPS) is 11.4. The van der Waals surface area contributed by atoms with Crippen LogP contribution in [-0.2, 0) is 14.6 Å². The number of fused-ring (bicyclic) bond motifs is 1. The topological polar surface area (TPSA) is 63.2 Å². The SMILES string of the molecule is O=C(CCCS(=O)(=O)c1ccccc1)Nc1cccc2ccccc12. The predicted octanol–water partition coefficient (Wildman–Crippen LogP) is 4.03. The molecule has 0 atom stereocenters. The summed E-state index contributed by atoms with van der Waals surface area (Å²) >= 11 is 0. The van der Waals surface area contributed by atoms with E-state index in [0.717, 1.165) is 16.5 Å². The first-order valence-electron chi connectivity index (χ1n) is 8.12. The largest absolute Gasteiger partial charge is 0.326 e. The van der Waals surface area contributed by atoms with Crippen molar-refractivity contribution in [1.29, 1.82) is 0 Å². The fourth-order valence-electron chi connectivity index (χ4n) is 2.72. The Bertz CT molecular complexity index is 977. The first-order valence-corrected chi connectivity index (χ1v) is 9.77. The lowest BCUT2D eigenvalue weighted by Gasteiger charge is -2.09. The van der Waals surface area contributed by atoms with Gasteiger partial charge in [-0.2, -0.15) is 0 Å². The Labute approximate surface area is 147 Å². The Morgan fingerprint density at radius 3 is 2.32 bits per heavy atom. The maximum absolute atomic E-state index is 12.2. The van der Waals surface area contributed by atoms with Crippen LogP contribution in [0.5, 0.6) is 0 Å². The van der Waals surface area contributed by atoms with Gasteiger partial charge in [-0.3, -0.25) is 4.79 Å². The molecule has 0 saturated carbocycles. The van der Waals surface area contributed by atoms with E-state index in [1.807, 2.05) is 42.5 Å². The van der Waals surface area contributed by atoms with Gasteiger partial charge in [-0.05, 0) is 30.0 Å². The van der Waals surface area contributed by atoms with Gasteiger partial charge in [0.15, 0.2) is 9.84 Å². The van der Waals surface area contributed by atoms with Crippen molar-refractivity contribution in [3.05, 3.63) is 72.8 Å². The quantitative estimate of drug-likeness (QED) is 0.728. The number of carbonyl (C=O) groups is 1. The molecule has 3 rings (SSSR count). The lowest BCUT2D eigenvalue weighted by molar-refractivity contribution is -0.116. The van der Waals surface area contributed by atoms with E-state index in [1.54, 1.807) is 30.3 Å². The minimum Gasteiger partial charge on any atom is -0.326 e. The number of hydrogen-bond donors (Lipinski definition) is 1. The number of hydrogen-bond acceptors (Lipinski definition) is 3. The molecule has 0 aliphatic heterocycles. The van der Waals surface area contributed by atoms with Gasteiger partial charge in [-0.1, -0.05) is 54.6 Å². The third-order valence-electron chi connectivity index (χ3n) is 3.98. The highest BCUT2D eigenvalue weighted by atomic mass is 32.2. The molecule has 1 N–H and O–H groups in total. The minimum atomic E-state index is -3.34. The highest BCUT2D eigenvalue weighted by Crippen LogP contribution is 2.23. The third kappa shape index (κ3) is 4.25. The molecule has 0 unspecified atom stereocenters. The number of benzene rings is 3. The van der Waals surface area contributed by atoms with Crippen molar-refractivity contribution in [1.82, 2.24) is 0 Å². The summed E-state index contributed by atoms with van der Waals surface area (Å²) in [6.07, 6.45) is 0.448. The van der Waals surface area contributed by atoms with Crippen molar-refractivity contribution in [3.8, 4) is 0 Å². The molecule has 1 amide bonds. The Kier molecular flexibility index (Phi) is 5.14. The monoisotopic (exact) mass is 353 g/mol. The average Bonchev–Trinajstić information content (AvgIpc) is 2.63. The molecular weight excluding hydrogens is 334 g/mol. The van der Waals surface area contributed by atoms with Gasteiger partial charge in [0, 0.05) is 17.5 Å². The molecule has 4 nitrogen and oxygen atoms in total. The molecule has 0 aliphatic rings. The fraction of sp³-hybridized carbons (Fsp3) is 0.150. The number of amides is 1. The summed E-state index contributed by atoms with van der Waals surface area (Å²) < 4.78 is 24.4. The standard InChI is InChI=1S/C20H19NO3S/c22-20(14-7-15-25(23,24)17-10-2-1-3-11-17)21-19-13-6-9-16-8-4-5-12-18(16)19/h1-6,8-13H,7,14-15H2,(H,21,22). The minimum absolute atomic E-state index is 0.0417. The second-order valence-corrected chi connectivity index (χ2v) is 7.92. The van der Waals surface area contributed by atoms with Crippen LogP contribution in [0.1, 0.15) is 12.8 Å². The van der Waals surface area contributed by atoms with Crippen LogP contribution < -0.4 is 5.32 Å². The van der Waals surface area contributed by atoms with E-state index >= 15 is 0 Å². The van der Waals surface area contributed by atoms with Crippen molar-refractivity contribution >= 4 is 32.2 Å². The molecule has 0 spiro atoms. The van der Waals surface area contributed by atoms with Crippen molar-refractivity contribution in [2.75, 3.05) is 11.1 Å². The molecule has 0 saturated heterocycles. The van der Waals surface area contributed by atoms with Crippen LogP contribution >= 0.6 is 0 Å². The van der Waals surface area contributed by atoms with Crippen LogP contribution in [-0.4, -0.2) is 20.1 Å². The predicted molar refractivity (Wildman–Crippen MR) is 100 cm³/mol. The molecule has 0 aliphatic carbocycles. The Morgan fingerprint density at radius 1 is 0.840 bits per heavy atom. The summed E-state index contributed by atoms with van der Waals surface area (Å²) in [6.45, 7) is 0. The summed E-state index contributed by atoms with van der Waals surface area (Å²) in [5.41, 5.74) is 0.744. The van der Waals surface area contributed by atoms with E-state index in [1.165, 1.54) is 0 Å². The second-order valence-electron chi connectivity index (χ2n) is 5.81. The summed E-state index contributed by atoms with van der Waals surface area (Å²) in [6, 6.07) is 21.8. The number of carbonyl (C=O) groups excluding carboxylic acids is 1. The van der Waals surface area contributed by atoms with Crippen LogP contribution in [0.3, 0.4) is 0 Å². The number of sulfone groups is 1. The van der Waals surface area contributed by atoms with E-state index < -0.39 is 9.84 Å². The van der Waals surface area contributed by atoms with Crippen molar-refractivity contribution < 1.29 is 13.2 Å². The molecule has 0 radical (unpaired) electrons. The fourth-order valence-corrected chi connectivity index (χ4v) is 4.05. The molecule has 128 valence electrons. The zero-order chi connectivity index (χ0) is 17.7. The van der Waals surface area contributed by atoms with Gasteiger partial charge in [0.2, 0.25) is 5.91 Å². The zero-order valence-electron chi connectivity index (χ0n) is 13.7. The van der Waals surface area contributed by atoms with Gasteiger partial charge in [0.1, 0.15) is 0 Å². The molecule has 5 heteroatoms. The molecule has 0 heterocycles. The first kappa shape index (κ1) is 17.2. The maximum Gasteiger partial charge on any atom is 0.224 e. The lowest BCUT2D eigenvalue weighted by atomic mass is 10.1.